The molecule has 0 aromatic heterocycles. The zero-order valence-electron chi connectivity index (χ0n) is 27.8. The molecule has 0 spiro atoms. The number of anilines is 3. The topological polar surface area (TPSA) is 141 Å². The Hall–Kier alpha value is -5.53. The molecule has 0 saturated heterocycles. The number of unbranched alkanes of at least 4 members (excludes halogenated alkanes) is 10. The van der Waals surface area contributed by atoms with Gasteiger partial charge in [0.1, 0.15) is 11.5 Å². The molecule has 1 unspecified atom stereocenters. The van der Waals surface area contributed by atoms with Gasteiger partial charge in [0.15, 0.2) is 11.8 Å². The summed E-state index contributed by atoms with van der Waals surface area (Å²) in [7, 11) is 1.56. The number of nitrogens with zero attached hydrogens (tertiary/aromatic N) is 3. The Balaban J connectivity index is 1.75. The number of benzene rings is 3. The van der Waals surface area contributed by atoms with Crippen LogP contribution in [0.4, 0.5) is 21.9 Å². The van der Waals surface area contributed by atoms with E-state index in [1.165, 1.54) is 57.1 Å². The normalized spacial score (nSPS) is 10.9. The van der Waals surface area contributed by atoms with E-state index >= 15 is 0 Å². The van der Waals surface area contributed by atoms with Crippen LogP contribution in [-0.2, 0) is 4.79 Å². The molecule has 3 N–H and O–H groups in total. The Labute approximate surface area is 283 Å². The molecule has 0 bridgehead atoms. The number of nitriles is 2. The van der Waals surface area contributed by atoms with Crippen LogP contribution in [0.1, 0.15) is 101 Å². The first-order valence-electron chi connectivity index (χ1n) is 16.5. The van der Waals surface area contributed by atoms with Crippen LogP contribution < -0.4 is 25.4 Å². The monoisotopic (exact) mass is 648 g/mol. The molecule has 250 valence electrons. The van der Waals surface area contributed by atoms with Crippen molar-refractivity contribution in [3.05, 3.63) is 83.2 Å². The average Bonchev–Trinajstić information content (AvgIpc) is 3.10. The predicted octanol–water partition coefficient (Wildman–Crippen LogP) is 10.1. The fraction of sp³-hybridized carbons (Fsp3) is 0.395. The molecule has 0 radical (unpaired) electrons. The summed E-state index contributed by atoms with van der Waals surface area (Å²) in [4.78, 5) is 29.5. The lowest BCUT2D eigenvalue weighted by Gasteiger charge is -2.18. The zero-order valence-corrected chi connectivity index (χ0v) is 27.8. The van der Waals surface area contributed by atoms with E-state index in [-0.39, 0.29) is 28.6 Å². The molecule has 0 heterocycles. The third-order valence-corrected chi connectivity index (χ3v) is 7.79. The van der Waals surface area contributed by atoms with Gasteiger partial charge in [-0.2, -0.15) is 10.5 Å². The van der Waals surface area contributed by atoms with E-state index in [1.54, 1.807) is 55.6 Å². The SMILES string of the molecule is [C-]#[N+]C(C#N)c1cc(NC(=O)CCCCCCCCCCCCC)c(Oc2ccc(OC)cc2)cc1NC(=O)Nc1ccc(C#N)cc1. The van der Waals surface area contributed by atoms with Gasteiger partial charge in [0.25, 0.3) is 0 Å². The van der Waals surface area contributed by atoms with E-state index in [0.29, 0.717) is 29.2 Å². The van der Waals surface area contributed by atoms with E-state index < -0.39 is 12.1 Å². The van der Waals surface area contributed by atoms with Crippen molar-refractivity contribution < 1.29 is 19.1 Å². The Bertz CT molecular complexity index is 1590. The molecule has 3 aromatic carbocycles. The summed E-state index contributed by atoms with van der Waals surface area (Å²) < 4.78 is 11.4. The van der Waals surface area contributed by atoms with Crippen LogP contribution in [0.2, 0.25) is 0 Å². The zero-order chi connectivity index (χ0) is 34.6. The number of hydrogen-bond acceptors (Lipinski definition) is 6. The van der Waals surface area contributed by atoms with Crippen LogP contribution in [0.3, 0.4) is 0 Å². The van der Waals surface area contributed by atoms with E-state index in [9.17, 15) is 14.9 Å². The second-order valence-electron chi connectivity index (χ2n) is 11.5. The molecule has 0 fully saturated rings. The lowest BCUT2D eigenvalue weighted by Crippen LogP contribution is -2.21. The third kappa shape index (κ3) is 12.3. The molecule has 48 heavy (non-hydrogen) atoms. The van der Waals surface area contributed by atoms with Crippen molar-refractivity contribution in [2.45, 2.75) is 90.0 Å². The lowest BCUT2D eigenvalue weighted by atomic mass is 10.0. The number of urea groups is 1. The highest BCUT2D eigenvalue weighted by Gasteiger charge is 2.25. The number of nitrogens with one attached hydrogen (secondary N) is 3. The highest BCUT2D eigenvalue weighted by Crippen LogP contribution is 2.39. The van der Waals surface area contributed by atoms with Crippen molar-refractivity contribution in [2.75, 3.05) is 23.1 Å². The van der Waals surface area contributed by atoms with E-state index in [4.69, 9.17) is 21.3 Å². The minimum absolute atomic E-state index is 0.163. The number of rotatable bonds is 19. The highest BCUT2D eigenvalue weighted by molar-refractivity contribution is 6.01. The summed E-state index contributed by atoms with van der Waals surface area (Å²) in [5, 5.41) is 27.1. The van der Waals surface area contributed by atoms with Gasteiger partial charge >= 0.3 is 12.1 Å². The Morgan fingerprint density at radius 1 is 0.792 bits per heavy atom. The average molecular weight is 649 g/mol. The summed E-state index contributed by atoms with van der Waals surface area (Å²) in [6, 6.07) is 18.2. The minimum atomic E-state index is -1.26. The van der Waals surface area contributed by atoms with Crippen LogP contribution in [-0.4, -0.2) is 19.0 Å². The molecule has 3 rings (SSSR count). The first kappa shape index (κ1) is 36.9. The number of carbonyl (C=O) groups is 2. The van der Waals surface area contributed by atoms with Crippen molar-refractivity contribution in [1.82, 2.24) is 0 Å². The number of carbonyl (C=O) groups excluding carboxylic acids is 2. The Morgan fingerprint density at radius 2 is 1.40 bits per heavy atom. The number of amides is 3. The summed E-state index contributed by atoms with van der Waals surface area (Å²) in [5.74, 6) is 1.08. The maximum absolute atomic E-state index is 13.1. The lowest BCUT2D eigenvalue weighted by molar-refractivity contribution is -0.116. The van der Waals surface area contributed by atoms with Crippen LogP contribution in [0.25, 0.3) is 4.85 Å². The van der Waals surface area contributed by atoms with Crippen LogP contribution in [0.15, 0.2) is 60.7 Å². The molecular weight excluding hydrogens is 604 g/mol. The van der Waals surface area contributed by atoms with Crippen molar-refractivity contribution in [3.63, 3.8) is 0 Å². The summed E-state index contributed by atoms with van der Waals surface area (Å²) >= 11 is 0. The van der Waals surface area contributed by atoms with E-state index in [0.717, 1.165) is 25.7 Å². The fourth-order valence-electron chi connectivity index (χ4n) is 5.13. The Morgan fingerprint density at radius 3 is 1.96 bits per heavy atom. The van der Waals surface area contributed by atoms with Gasteiger partial charge in [0, 0.05) is 18.2 Å². The first-order valence-corrected chi connectivity index (χ1v) is 16.5. The summed E-state index contributed by atoms with van der Waals surface area (Å²) in [6.07, 6.45) is 13.2. The van der Waals surface area contributed by atoms with Gasteiger partial charge in [-0.15, -0.1) is 0 Å². The quantitative estimate of drug-likeness (QED) is 0.0872. The van der Waals surface area contributed by atoms with E-state index in [1.807, 2.05) is 12.1 Å². The predicted molar refractivity (Wildman–Crippen MR) is 188 cm³/mol. The standard InChI is InChI=1S/C38H44N6O4/c1-4-5-6-7-8-9-10-11-12-13-14-15-37(45)43-34-24-32(35(27-40)41-2)33(25-36(34)48-31-22-20-30(47-3)21-23-31)44-38(46)42-29-18-16-28(26-39)17-19-29/h16-25,35H,4-15H2,1,3H3,(H,43,45)(H2,42,44,46). The molecule has 3 amide bonds. The Kier molecular flexibility index (Phi) is 15.8. The van der Waals surface area contributed by atoms with Crippen LogP contribution in [0, 0.1) is 29.2 Å². The van der Waals surface area contributed by atoms with E-state index in [2.05, 4.69) is 27.7 Å². The molecule has 1 atom stereocenters. The first-order chi connectivity index (χ1) is 23.4. The largest absolute Gasteiger partial charge is 0.497 e. The second kappa shape index (κ2) is 20.6. The van der Waals surface area contributed by atoms with Crippen LogP contribution >= 0.6 is 0 Å². The second-order valence-corrected chi connectivity index (χ2v) is 11.5. The third-order valence-electron chi connectivity index (χ3n) is 7.79. The van der Waals surface area contributed by atoms with Gasteiger partial charge in [0.2, 0.25) is 5.91 Å². The molecule has 10 nitrogen and oxygen atoms in total. The van der Waals surface area contributed by atoms with Gasteiger partial charge in [-0.3, -0.25) is 9.64 Å². The van der Waals surface area contributed by atoms with Gasteiger partial charge in [-0.05, 0) is 61.0 Å². The molecule has 0 aliphatic heterocycles. The van der Waals surface area contributed by atoms with Crippen LogP contribution in [0.5, 0.6) is 17.2 Å². The number of ether oxygens (including phenoxy) is 2. The molecule has 3 aromatic rings. The summed E-state index contributed by atoms with van der Waals surface area (Å²) in [5.41, 5.74) is 1.52. The molecule has 0 saturated carbocycles. The van der Waals surface area contributed by atoms with Gasteiger partial charge in [-0.1, -0.05) is 71.1 Å². The molecule has 0 aliphatic carbocycles. The fourth-order valence-corrected chi connectivity index (χ4v) is 5.13. The summed E-state index contributed by atoms with van der Waals surface area (Å²) in [6.45, 7) is 9.83. The van der Waals surface area contributed by atoms with Gasteiger partial charge < -0.3 is 25.4 Å². The van der Waals surface area contributed by atoms with Crippen molar-refractivity contribution >= 4 is 29.0 Å². The maximum Gasteiger partial charge on any atom is 0.334 e. The highest BCUT2D eigenvalue weighted by atomic mass is 16.5. The van der Waals surface area contributed by atoms with Crippen molar-refractivity contribution in [3.8, 4) is 29.4 Å². The van der Waals surface area contributed by atoms with Crippen molar-refractivity contribution in [2.24, 2.45) is 0 Å². The minimum Gasteiger partial charge on any atom is -0.497 e. The molecule has 0 aliphatic rings. The molecule has 10 heteroatoms. The smallest absolute Gasteiger partial charge is 0.334 e. The van der Waals surface area contributed by atoms with Crippen molar-refractivity contribution in [1.29, 1.82) is 10.5 Å². The molecular formula is C38H44N6O4. The number of methoxy groups -OCH3 is 1. The number of hydrogen-bond donors (Lipinski definition) is 3. The van der Waals surface area contributed by atoms with Gasteiger partial charge in [0.05, 0.1) is 35.7 Å². The van der Waals surface area contributed by atoms with Gasteiger partial charge in [-0.25, -0.2) is 11.4 Å². The maximum atomic E-state index is 13.1.